The molecule has 0 amide bonds. The van der Waals surface area contributed by atoms with Gasteiger partial charge >= 0.3 is 0 Å². The highest BCUT2D eigenvalue weighted by Crippen LogP contribution is 2.38. The summed E-state index contributed by atoms with van der Waals surface area (Å²) in [4.78, 5) is 0. The lowest BCUT2D eigenvalue weighted by Gasteiger charge is -2.28. The van der Waals surface area contributed by atoms with E-state index in [0.29, 0.717) is 0 Å². The van der Waals surface area contributed by atoms with Crippen molar-refractivity contribution in [1.82, 2.24) is 0 Å². The van der Waals surface area contributed by atoms with Gasteiger partial charge in [0.05, 0.1) is 0 Å². The molecule has 0 atom stereocenters. The molecule has 1 aliphatic rings. The van der Waals surface area contributed by atoms with Crippen LogP contribution in [0.15, 0.2) is 61.2 Å². The fourth-order valence-corrected chi connectivity index (χ4v) is 4.02. The topological polar surface area (TPSA) is 0 Å². The molecule has 0 saturated heterocycles. The first-order valence-corrected chi connectivity index (χ1v) is 9.60. The van der Waals surface area contributed by atoms with Gasteiger partial charge in [-0.05, 0) is 67.1 Å². The third-order valence-electron chi connectivity index (χ3n) is 5.70. The summed E-state index contributed by atoms with van der Waals surface area (Å²) in [6.45, 7) is 3.85. The van der Waals surface area contributed by atoms with Crippen molar-refractivity contribution >= 4 is 7.85 Å². The normalized spacial score (nSPS) is 20.7. The van der Waals surface area contributed by atoms with E-state index in [2.05, 4.69) is 69.0 Å². The first kappa shape index (κ1) is 17.1. The van der Waals surface area contributed by atoms with Gasteiger partial charge in [-0.3, -0.25) is 0 Å². The largest absolute Gasteiger partial charge is 0.107 e. The van der Waals surface area contributed by atoms with Crippen molar-refractivity contribution in [3.63, 3.8) is 0 Å². The van der Waals surface area contributed by atoms with Crippen molar-refractivity contribution in [3.05, 3.63) is 72.3 Å². The predicted molar refractivity (Wildman–Crippen MR) is 108 cm³/mol. The predicted octanol–water partition coefficient (Wildman–Crippen LogP) is 5.73. The van der Waals surface area contributed by atoms with Gasteiger partial charge in [-0.2, -0.15) is 0 Å². The van der Waals surface area contributed by atoms with E-state index in [1.54, 1.807) is 0 Å². The van der Waals surface area contributed by atoms with Crippen molar-refractivity contribution in [2.24, 2.45) is 5.92 Å². The Morgan fingerprint density at radius 2 is 1.46 bits per heavy atom. The summed E-state index contributed by atoms with van der Waals surface area (Å²) in [5, 5.41) is 0. The summed E-state index contributed by atoms with van der Waals surface area (Å²) in [5.41, 5.74) is 5.60. The molecule has 1 fully saturated rings. The van der Waals surface area contributed by atoms with Crippen molar-refractivity contribution < 1.29 is 0 Å². The Labute approximate surface area is 148 Å². The highest BCUT2D eigenvalue weighted by atomic mass is 14.3. The van der Waals surface area contributed by atoms with E-state index in [4.69, 9.17) is 0 Å². The second kappa shape index (κ2) is 8.37. The minimum atomic E-state index is 0.765. The molecule has 2 aromatic carbocycles. The fourth-order valence-electron chi connectivity index (χ4n) is 4.02. The van der Waals surface area contributed by atoms with Crippen LogP contribution < -0.4 is 0 Å². The van der Waals surface area contributed by atoms with Gasteiger partial charge in [-0.1, -0.05) is 66.5 Å². The summed E-state index contributed by atoms with van der Waals surface area (Å²) < 4.78 is 0. The first-order chi connectivity index (χ1) is 11.8. The minimum Gasteiger partial charge on any atom is -0.103 e. The van der Waals surface area contributed by atoms with Crippen LogP contribution >= 0.6 is 0 Å². The van der Waals surface area contributed by atoms with Crippen LogP contribution in [0.1, 0.15) is 55.6 Å². The molecule has 2 aromatic rings. The van der Waals surface area contributed by atoms with Gasteiger partial charge in [0, 0.05) is 0 Å². The molecule has 3 rings (SSSR count). The molecule has 0 bridgehead atoms. The van der Waals surface area contributed by atoms with Crippen molar-refractivity contribution in [1.29, 1.82) is 0 Å². The first-order valence-electron chi connectivity index (χ1n) is 9.60. The third-order valence-corrected chi connectivity index (χ3v) is 5.70. The molecule has 0 unspecified atom stereocenters. The average molecular weight is 316 g/mol. The van der Waals surface area contributed by atoms with E-state index >= 15 is 0 Å². The molecule has 0 aliphatic heterocycles. The number of hydrogen-bond donors (Lipinski definition) is 0. The Bertz CT molecular complexity index is 631. The maximum absolute atomic E-state index is 3.85. The molecule has 0 nitrogen and oxygen atoms in total. The molecule has 0 radical (unpaired) electrons. The van der Waals surface area contributed by atoms with Gasteiger partial charge in [0.25, 0.3) is 0 Å². The molecular weight excluding hydrogens is 287 g/mol. The van der Waals surface area contributed by atoms with Crippen molar-refractivity contribution in [2.45, 2.75) is 50.8 Å². The van der Waals surface area contributed by atoms with Crippen molar-refractivity contribution in [3.8, 4) is 11.1 Å². The fraction of sp³-hybridized carbons (Fsp3) is 0.391. The Hall–Kier alpha value is -1.76. The Morgan fingerprint density at radius 3 is 2.00 bits per heavy atom. The number of allylic oxidation sites excluding steroid dienone is 1. The summed E-state index contributed by atoms with van der Waals surface area (Å²) in [5.74, 6) is 1.69. The van der Waals surface area contributed by atoms with Crippen LogP contribution in [0.25, 0.3) is 11.1 Å². The average Bonchev–Trinajstić information content (AvgIpc) is 2.67. The summed E-state index contributed by atoms with van der Waals surface area (Å²) in [6, 6.07) is 18.3. The van der Waals surface area contributed by atoms with Gasteiger partial charge in [-0.25, -0.2) is 0 Å². The highest BCUT2D eigenvalue weighted by molar-refractivity contribution is 6.08. The molecule has 1 heteroatoms. The lowest BCUT2D eigenvalue weighted by atomic mass is 9.77. The number of rotatable bonds is 6. The molecule has 0 heterocycles. The van der Waals surface area contributed by atoms with E-state index in [0.717, 1.165) is 18.2 Å². The maximum atomic E-state index is 3.85. The molecule has 0 N–H and O–H groups in total. The second-order valence-corrected chi connectivity index (χ2v) is 7.26. The Kier molecular flexibility index (Phi) is 5.96. The number of hydrogen-bond acceptors (Lipinski definition) is 0. The smallest absolute Gasteiger partial charge is 0.103 e. The molecule has 1 aliphatic carbocycles. The summed E-state index contributed by atoms with van der Waals surface area (Å²) in [6.07, 6.45) is 11.2. The Balaban J connectivity index is 1.61. The molecule has 24 heavy (non-hydrogen) atoms. The lowest BCUT2D eigenvalue weighted by molar-refractivity contribution is 0.312. The maximum Gasteiger partial charge on any atom is 0.107 e. The SMILES string of the molecule is BCc1ccc(-c2ccc(C3CCC(CCC=C)CC3)cc2)cc1. The van der Waals surface area contributed by atoms with Crippen LogP contribution in [0.4, 0.5) is 0 Å². The lowest BCUT2D eigenvalue weighted by Crippen LogP contribution is -2.13. The van der Waals surface area contributed by atoms with E-state index < -0.39 is 0 Å². The highest BCUT2D eigenvalue weighted by Gasteiger charge is 2.21. The number of benzene rings is 2. The van der Waals surface area contributed by atoms with E-state index in [-0.39, 0.29) is 0 Å². The van der Waals surface area contributed by atoms with Crippen LogP contribution in [-0.2, 0) is 6.32 Å². The van der Waals surface area contributed by atoms with Gasteiger partial charge in [0.2, 0.25) is 0 Å². The molecule has 0 aromatic heterocycles. The van der Waals surface area contributed by atoms with Gasteiger partial charge < -0.3 is 0 Å². The quantitative estimate of drug-likeness (QED) is 0.472. The van der Waals surface area contributed by atoms with E-state index in [1.807, 2.05) is 0 Å². The van der Waals surface area contributed by atoms with Crippen LogP contribution in [0.2, 0.25) is 0 Å². The van der Waals surface area contributed by atoms with E-state index in [9.17, 15) is 0 Å². The standard InChI is InChI=1S/C23H29B/c1-2-3-4-18-5-9-20(10-6-18)22-13-15-23(16-14-22)21-11-7-19(17-24)8-12-21/h2,7-8,11-16,18,20H,1,3-6,9-10,17,24H2. The van der Waals surface area contributed by atoms with Gasteiger partial charge in [0.1, 0.15) is 7.85 Å². The molecule has 1 saturated carbocycles. The van der Waals surface area contributed by atoms with Gasteiger partial charge in [-0.15, -0.1) is 6.58 Å². The zero-order chi connectivity index (χ0) is 16.8. The molecule has 124 valence electrons. The summed E-state index contributed by atoms with van der Waals surface area (Å²) >= 11 is 0. The molecular formula is C23H29B. The van der Waals surface area contributed by atoms with E-state index in [1.165, 1.54) is 60.8 Å². The Morgan fingerprint density at radius 1 is 0.875 bits per heavy atom. The third kappa shape index (κ3) is 4.20. The minimum absolute atomic E-state index is 0.765. The van der Waals surface area contributed by atoms with Crippen LogP contribution in [0.3, 0.4) is 0 Å². The van der Waals surface area contributed by atoms with Crippen LogP contribution in [-0.4, -0.2) is 7.85 Å². The van der Waals surface area contributed by atoms with Gasteiger partial charge in [0.15, 0.2) is 0 Å². The molecule has 0 spiro atoms. The second-order valence-electron chi connectivity index (χ2n) is 7.26. The monoisotopic (exact) mass is 316 g/mol. The van der Waals surface area contributed by atoms with Crippen LogP contribution in [0, 0.1) is 5.92 Å². The summed E-state index contributed by atoms with van der Waals surface area (Å²) in [7, 11) is 2.20. The zero-order valence-corrected chi connectivity index (χ0v) is 15.0. The van der Waals surface area contributed by atoms with Crippen LogP contribution in [0.5, 0.6) is 0 Å². The van der Waals surface area contributed by atoms with Crippen molar-refractivity contribution in [2.75, 3.05) is 0 Å². The zero-order valence-electron chi connectivity index (χ0n) is 15.0.